The third kappa shape index (κ3) is 2.36. The van der Waals surface area contributed by atoms with Crippen LogP contribution in [0.3, 0.4) is 0 Å². The topological polar surface area (TPSA) is 55.1 Å². The van der Waals surface area contributed by atoms with E-state index in [-0.39, 0.29) is 11.7 Å². The number of hydrogen-bond donors (Lipinski definition) is 1. The van der Waals surface area contributed by atoms with E-state index >= 15 is 0 Å². The van der Waals surface area contributed by atoms with Gasteiger partial charge in [0, 0.05) is 11.8 Å². The van der Waals surface area contributed by atoms with E-state index in [0.29, 0.717) is 5.69 Å². The third-order valence-corrected chi connectivity index (χ3v) is 2.57. The molecule has 0 radical (unpaired) electrons. The highest BCUT2D eigenvalue weighted by atomic mass is 16.5. The van der Waals surface area contributed by atoms with E-state index in [4.69, 9.17) is 4.52 Å². The molecule has 2 aromatic rings. The van der Waals surface area contributed by atoms with Crippen molar-refractivity contribution in [2.75, 3.05) is 5.32 Å². The lowest BCUT2D eigenvalue weighted by Crippen LogP contribution is -2.12. The predicted octanol–water partition coefficient (Wildman–Crippen LogP) is 2.85. The molecule has 0 saturated carbocycles. The summed E-state index contributed by atoms with van der Waals surface area (Å²) in [5, 5.41) is 6.52. The van der Waals surface area contributed by atoms with Gasteiger partial charge in [-0.15, -0.1) is 0 Å². The second kappa shape index (κ2) is 4.41. The number of carbonyl (C=O) groups excluding carboxylic acids is 1. The van der Waals surface area contributed by atoms with Gasteiger partial charge in [-0.1, -0.05) is 23.4 Å². The maximum Gasteiger partial charge on any atom is 0.294 e. The monoisotopic (exact) mass is 230 g/mol. The molecule has 4 nitrogen and oxygen atoms in total. The molecule has 1 heterocycles. The molecule has 0 aliphatic rings. The molecule has 1 amide bonds. The Morgan fingerprint density at radius 2 is 1.88 bits per heavy atom. The maximum atomic E-state index is 11.9. The molecule has 0 unspecified atom stereocenters. The molecule has 0 aliphatic heterocycles. The highest BCUT2D eigenvalue weighted by molar-refractivity contribution is 6.03. The molecular weight excluding hydrogens is 216 g/mol. The van der Waals surface area contributed by atoms with Crippen LogP contribution in [0.1, 0.15) is 27.4 Å². The molecule has 0 bridgehead atoms. The van der Waals surface area contributed by atoms with Crippen molar-refractivity contribution in [3.05, 3.63) is 46.8 Å². The number of carbonyl (C=O) groups is 1. The second-order valence-electron chi connectivity index (χ2n) is 4.05. The van der Waals surface area contributed by atoms with Crippen molar-refractivity contribution >= 4 is 11.6 Å². The first-order valence-electron chi connectivity index (χ1n) is 5.39. The first kappa shape index (κ1) is 11.4. The fourth-order valence-corrected chi connectivity index (χ4v) is 1.66. The highest BCUT2D eigenvalue weighted by Gasteiger charge is 2.13. The fourth-order valence-electron chi connectivity index (χ4n) is 1.66. The minimum atomic E-state index is -0.275. The van der Waals surface area contributed by atoms with E-state index < -0.39 is 0 Å². The Bertz CT molecular complexity index is 538. The van der Waals surface area contributed by atoms with E-state index in [1.54, 1.807) is 13.0 Å². The number of aromatic nitrogens is 1. The molecular formula is C13H14N2O2. The summed E-state index contributed by atoms with van der Waals surface area (Å²) >= 11 is 0. The zero-order chi connectivity index (χ0) is 12.4. The van der Waals surface area contributed by atoms with Gasteiger partial charge >= 0.3 is 0 Å². The SMILES string of the molecule is Cc1cc(C(=O)Nc2c(C)cccc2C)on1. The molecule has 88 valence electrons. The lowest BCUT2D eigenvalue weighted by atomic mass is 10.1. The molecule has 4 heteroatoms. The average molecular weight is 230 g/mol. The minimum Gasteiger partial charge on any atom is -0.351 e. The molecule has 0 aliphatic carbocycles. The molecule has 1 aromatic carbocycles. The van der Waals surface area contributed by atoms with E-state index in [9.17, 15) is 4.79 Å². The predicted molar refractivity (Wildman–Crippen MR) is 65.1 cm³/mol. The number of anilines is 1. The Morgan fingerprint density at radius 3 is 2.41 bits per heavy atom. The van der Waals surface area contributed by atoms with Gasteiger partial charge in [-0.25, -0.2) is 0 Å². The van der Waals surface area contributed by atoms with Crippen LogP contribution in [0.15, 0.2) is 28.8 Å². The van der Waals surface area contributed by atoms with Crippen LogP contribution in [0.2, 0.25) is 0 Å². The molecule has 0 fully saturated rings. The number of benzene rings is 1. The Labute approximate surface area is 99.6 Å². The van der Waals surface area contributed by atoms with E-state index in [1.165, 1.54) is 0 Å². The standard InChI is InChI=1S/C13H14N2O2/c1-8-5-4-6-9(2)12(8)14-13(16)11-7-10(3)15-17-11/h4-7H,1-3H3,(H,14,16). The number of para-hydroxylation sites is 1. The van der Waals surface area contributed by atoms with Crippen molar-refractivity contribution in [3.8, 4) is 0 Å². The van der Waals surface area contributed by atoms with Crippen LogP contribution in [0.4, 0.5) is 5.69 Å². The number of nitrogens with one attached hydrogen (secondary N) is 1. The number of amides is 1. The summed E-state index contributed by atoms with van der Waals surface area (Å²) < 4.78 is 4.92. The van der Waals surface area contributed by atoms with Crippen molar-refractivity contribution in [2.24, 2.45) is 0 Å². The molecule has 17 heavy (non-hydrogen) atoms. The zero-order valence-corrected chi connectivity index (χ0v) is 10.1. The first-order chi connectivity index (χ1) is 8.08. The number of hydrogen-bond acceptors (Lipinski definition) is 3. The number of aryl methyl sites for hydroxylation is 3. The van der Waals surface area contributed by atoms with Gasteiger partial charge in [0.05, 0.1) is 5.69 Å². The quantitative estimate of drug-likeness (QED) is 0.863. The van der Waals surface area contributed by atoms with Gasteiger partial charge in [0.15, 0.2) is 0 Å². The minimum absolute atomic E-state index is 0.227. The van der Waals surface area contributed by atoms with Gasteiger partial charge in [-0.3, -0.25) is 4.79 Å². The van der Waals surface area contributed by atoms with E-state index in [1.807, 2.05) is 32.0 Å². The molecule has 2 rings (SSSR count). The Hall–Kier alpha value is -2.10. The summed E-state index contributed by atoms with van der Waals surface area (Å²) in [5.74, 6) is -0.0480. The maximum absolute atomic E-state index is 11.9. The Balaban J connectivity index is 2.24. The van der Waals surface area contributed by atoms with Gasteiger partial charge < -0.3 is 9.84 Å². The summed E-state index contributed by atoms with van der Waals surface area (Å²) in [6.07, 6.45) is 0. The summed E-state index contributed by atoms with van der Waals surface area (Å²) in [6, 6.07) is 7.48. The first-order valence-corrected chi connectivity index (χ1v) is 5.39. The van der Waals surface area contributed by atoms with Crippen molar-refractivity contribution in [2.45, 2.75) is 20.8 Å². The van der Waals surface area contributed by atoms with Crippen molar-refractivity contribution in [1.29, 1.82) is 0 Å². The van der Waals surface area contributed by atoms with Crippen LogP contribution in [-0.4, -0.2) is 11.1 Å². The lowest BCUT2D eigenvalue weighted by Gasteiger charge is -2.09. The molecule has 1 aromatic heterocycles. The molecule has 0 spiro atoms. The van der Waals surface area contributed by atoms with Crippen molar-refractivity contribution < 1.29 is 9.32 Å². The van der Waals surface area contributed by atoms with Crippen LogP contribution < -0.4 is 5.32 Å². The summed E-state index contributed by atoms with van der Waals surface area (Å²) in [6.45, 7) is 5.68. The fraction of sp³-hybridized carbons (Fsp3) is 0.231. The summed E-state index contributed by atoms with van der Waals surface area (Å²) in [7, 11) is 0. The Morgan fingerprint density at radius 1 is 1.24 bits per heavy atom. The highest BCUT2D eigenvalue weighted by Crippen LogP contribution is 2.20. The van der Waals surface area contributed by atoms with E-state index in [0.717, 1.165) is 16.8 Å². The average Bonchev–Trinajstić information content (AvgIpc) is 2.70. The van der Waals surface area contributed by atoms with Crippen LogP contribution in [0, 0.1) is 20.8 Å². The van der Waals surface area contributed by atoms with Gasteiger partial charge in [0.25, 0.3) is 5.91 Å². The third-order valence-electron chi connectivity index (χ3n) is 2.57. The molecule has 0 saturated heterocycles. The summed E-state index contributed by atoms with van der Waals surface area (Å²) in [4.78, 5) is 11.9. The van der Waals surface area contributed by atoms with Crippen LogP contribution in [0.25, 0.3) is 0 Å². The Kier molecular flexibility index (Phi) is 2.95. The van der Waals surface area contributed by atoms with Crippen LogP contribution in [-0.2, 0) is 0 Å². The number of rotatable bonds is 2. The summed E-state index contributed by atoms with van der Waals surface area (Å²) in [5.41, 5.74) is 3.56. The smallest absolute Gasteiger partial charge is 0.294 e. The largest absolute Gasteiger partial charge is 0.351 e. The van der Waals surface area contributed by atoms with Crippen molar-refractivity contribution in [1.82, 2.24) is 5.16 Å². The van der Waals surface area contributed by atoms with Gasteiger partial charge in [0.1, 0.15) is 0 Å². The zero-order valence-electron chi connectivity index (χ0n) is 10.1. The van der Waals surface area contributed by atoms with E-state index in [2.05, 4.69) is 10.5 Å². The van der Waals surface area contributed by atoms with Gasteiger partial charge in [-0.05, 0) is 31.9 Å². The van der Waals surface area contributed by atoms with Crippen LogP contribution >= 0.6 is 0 Å². The van der Waals surface area contributed by atoms with Crippen molar-refractivity contribution in [3.63, 3.8) is 0 Å². The van der Waals surface area contributed by atoms with Gasteiger partial charge in [0.2, 0.25) is 5.76 Å². The lowest BCUT2D eigenvalue weighted by molar-refractivity contribution is 0.0987. The number of nitrogens with zero attached hydrogens (tertiary/aromatic N) is 1. The second-order valence-corrected chi connectivity index (χ2v) is 4.05. The van der Waals surface area contributed by atoms with Crippen LogP contribution in [0.5, 0.6) is 0 Å². The normalized spacial score (nSPS) is 10.3. The van der Waals surface area contributed by atoms with Gasteiger partial charge in [-0.2, -0.15) is 0 Å². The molecule has 0 atom stereocenters. The molecule has 1 N–H and O–H groups in total.